The third-order valence-electron chi connectivity index (χ3n) is 3.88. The summed E-state index contributed by atoms with van der Waals surface area (Å²) in [6.07, 6.45) is 4.96. The Morgan fingerprint density at radius 1 is 1.07 bits per heavy atom. The first-order valence-electron chi connectivity index (χ1n) is 8.46. The van der Waals surface area contributed by atoms with Crippen LogP contribution in [0.2, 0.25) is 0 Å². The van der Waals surface area contributed by atoms with Crippen molar-refractivity contribution in [1.82, 2.24) is 5.43 Å². The molecule has 0 unspecified atom stereocenters. The number of hydrazine groups is 1. The van der Waals surface area contributed by atoms with Crippen LogP contribution in [0.5, 0.6) is 0 Å². The van der Waals surface area contributed by atoms with Crippen molar-refractivity contribution in [1.29, 1.82) is 0 Å². The molecule has 0 aliphatic carbocycles. The van der Waals surface area contributed by atoms with Gasteiger partial charge >= 0.3 is 5.97 Å². The van der Waals surface area contributed by atoms with Gasteiger partial charge in [-0.1, -0.05) is 42.5 Å². The lowest BCUT2D eigenvalue weighted by Gasteiger charge is -2.14. The largest absolute Gasteiger partial charge is 0.462 e. The Bertz CT molecular complexity index is 915. The van der Waals surface area contributed by atoms with Gasteiger partial charge in [0.1, 0.15) is 5.57 Å². The normalized spacial score (nSPS) is 15.4. The van der Waals surface area contributed by atoms with E-state index in [0.717, 1.165) is 10.6 Å². The Hall–Kier alpha value is -3.67. The molecule has 0 spiro atoms. The average molecular weight is 362 g/mol. The summed E-state index contributed by atoms with van der Waals surface area (Å²) < 4.78 is 4.92. The fourth-order valence-electron chi connectivity index (χ4n) is 2.54. The SMILES string of the molecule is CCOC(=O)c1ccc(N2NC(=O)/C(=C\C=C\c3ccccc3)C2=O)cc1. The summed E-state index contributed by atoms with van der Waals surface area (Å²) in [5.74, 6) is -1.37. The molecule has 2 aromatic carbocycles. The topological polar surface area (TPSA) is 75.7 Å². The fraction of sp³-hybridized carbons (Fsp3) is 0.0952. The number of amides is 2. The van der Waals surface area contributed by atoms with E-state index in [1.807, 2.05) is 36.4 Å². The highest BCUT2D eigenvalue weighted by atomic mass is 16.5. The Balaban J connectivity index is 1.75. The molecule has 2 amide bonds. The van der Waals surface area contributed by atoms with E-state index in [9.17, 15) is 14.4 Å². The van der Waals surface area contributed by atoms with Crippen molar-refractivity contribution in [2.24, 2.45) is 0 Å². The molecule has 136 valence electrons. The highest BCUT2D eigenvalue weighted by Gasteiger charge is 2.34. The summed E-state index contributed by atoms with van der Waals surface area (Å²) in [7, 11) is 0. The van der Waals surface area contributed by atoms with Crippen molar-refractivity contribution in [3.8, 4) is 0 Å². The molecule has 1 aliphatic heterocycles. The number of esters is 1. The van der Waals surface area contributed by atoms with Crippen LogP contribution in [0.4, 0.5) is 5.69 Å². The summed E-state index contributed by atoms with van der Waals surface area (Å²) in [5, 5.41) is 1.15. The number of nitrogens with one attached hydrogen (secondary N) is 1. The molecule has 2 aromatic rings. The zero-order chi connectivity index (χ0) is 19.2. The van der Waals surface area contributed by atoms with E-state index in [-0.39, 0.29) is 12.2 Å². The minimum absolute atomic E-state index is 0.0386. The number of anilines is 1. The van der Waals surface area contributed by atoms with E-state index >= 15 is 0 Å². The van der Waals surface area contributed by atoms with Crippen LogP contribution in [0.3, 0.4) is 0 Å². The third-order valence-corrected chi connectivity index (χ3v) is 3.88. The number of hydrogen-bond donors (Lipinski definition) is 1. The maximum absolute atomic E-state index is 12.5. The molecule has 1 saturated heterocycles. The molecule has 3 rings (SSSR count). The Morgan fingerprint density at radius 3 is 2.44 bits per heavy atom. The van der Waals surface area contributed by atoms with Crippen LogP contribution in [0.15, 0.2) is 72.3 Å². The molecule has 1 heterocycles. The van der Waals surface area contributed by atoms with Crippen molar-refractivity contribution in [3.05, 3.63) is 83.4 Å². The number of allylic oxidation sites excluding steroid dienone is 2. The van der Waals surface area contributed by atoms with Crippen molar-refractivity contribution >= 4 is 29.5 Å². The van der Waals surface area contributed by atoms with Crippen LogP contribution in [-0.4, -0.2) is 24.4 Å². The number of carbonyl (C=O) groups excluding carboxylic acids is 3. The molecule has 0 radical (unpaired) electrons. The predicted molar refractivity (Wildman–Crippen MR) is 102 cm³/mol. The number of nitrogens with zero attached hydrogens (tertiary/aromatic N) is 1. The molecular weight excluding hydrogens is 344 g/mol. The standard InChI is InChI=1S/C21H18N2O4/c1-2-27-21(26)16-11-13-17(14-12-16)23-20(25)18(19(24)22-23)10-6-9-15-7-4-3-5-8-15/h3-14H,2H2,1H3,(H,22,24)/b9-6+,18-10+. The Morgan fingerprint density at radius 2 is 1.78 bits per heavy atom. The summed E-state index contributed by atoms with van der Waals surface area (Å²) >= 11 is 0. The molecule has 1 N–H and O–H groups in total. The van der Waals surface area contributed by atoms with Gasteiger partial charge in [-0.15, -0.1) is 0 Å². The second-order valence-electron chi connectivity index (χ2n) is 5.70. The van der Waals surface area contributed by atoms with Crippen molar-refractivity contribution in [2.75, 3.05) is 11.6 Å². The highest BCUT2D eigenvalue weighted by molar-refractivity contribution is 6.29. The first-order valence-corrected chi connectivity index (χ1v) is 8.46. The first kappa shape index (κ1) is 18.1. The van der Waals surface area contributed by atoms with Crippen LogP contribution in [-0.2, 0) is 14.3 Å². The lowest BCUT2D eigenvalue weighted by molar-refractivity contribution is -0.117. The Kier molecular flexibility index (Phi) is 5.47. The number of hydrogen-bond acceptors (Lipinski definition) is 4. The van der Waals surface area contributed by atoms with Crippen molar-refractivity contribution < 1.29 is 19.1 Å². The number of ether oxygens (including phenoxy) is 1. The molecule has 0 bridgehead atoms. The van der Waals surface area contributed by atoms with Crippen LogP contribution in [0.25, 0.3) is 6.08 Å². The first-order chi connectivity index (χ1) is 13.1. The van der Waals surface area contributed by atoms with Gasteiger partial charge in [-0.3, -0.25) is 15.0 Å². The van der Waals surface area contributed by atoms with E-state index in [2.05, 4.69) is 5.43 Å². The van der Waals surface area contributed by atoms with E-state index in [4.69, 9.17) is 4.74 Å². The maximum atomic E-state index is 12.5. The fourth-order valence-corrected chi connectivity index (χ4v) is 2.54. The average Bonchev–Trinajstić information content (AvgIpc) is 2.97. The van der Waals surface area contributed by atoms with Gasteiger partial charge < -0.3 is 4.74 Å². The Labute approximate surface area is 156 Å². The number of benzene rings is 2. The molecule has 0 atom stereocenters. The van der Waals surface area contributed by atoms with Gasteiger partial charge in [0.05, 0.1) is 17.9 Å². The smallest absolute Gasteiger partial charge is 0.338 e. The maximum Gasteiger partial charge on any atom is 0.338 e. The molecule has 0 aromatic heterocycles. The van der Waals surface area contributed by atoms with E-state index in [1.165, 1.54) is 6.08 Å². The van der Waals surface area contributed by atoms with E-state index in [0.29, 0.717) is 11.3 Å². The number of rotatable bonds is 5. The molecular formula is C21H18N2O4. The highest BCUT2D eigenvalue weighted by Crippen LogP contribution is 2.21. The minimum Gasteiger partial charge on any atom is -0.462 e. The number of carbonyl (C=O) groups is 3. The second kappa shape index (κ2) is 8.14. The quantitative estimate of drug-likeness (QED) is 0.504. The zero-order valence-electron chi connectivity index (χ0n) is 14.7. The van der Waals surface area contributed by atoms with Crippen LogP contribution in [0.1, 0.15) is 22.8 Å². The molecule has 1 fully saturated rings. The summed E-state index contributed by atoms with van der Waals surface area (Å²) in [6, 6.07) is 15.8. The van der Waals surface area contributed by atoms with Gasteiger partial charge in [0.2, 0.25) is 0 Å². The van der Waals surface area contributed by atoms with Crippen LogP contribution < -0.4 is 10.4 Å². The second-order valence-corrected chi connectivity index (χ2v) is 5.70. The summed E-state index contributed by atoms with van der Waals surface area (Å²) in [6.45, 7) is 2.01. The van der Waals surface area contributed by atoms with Gasteiger partial charge in [0, 0.05) is 0 Å². The van der Waals surface area contributed by atoms with Gasteiger partial charge in [-0.05, 0) is 42.8 Å². The molecule has 1 aliphatic rings. The summed E-state index contributed by atoms with van der Waals surface area (Å²) in [5.41, 5.74) is 4.35. The molecule has 6 nitrogen and oxygen atoms in total. The van der Waals surface area contributed by atoms with Crippen molar-refractivity contribution in [2.45, 2.75) is 6.92 Å². The van der Waals surface area contributed by atoms with E-state index < -0.39 is 17.8 Å². The van der Waals surface area contributed by atoms with Crippen LogP contribution in [0, 0.1) is 0 Å². The van der Waals surface area contributed by atoms with Gasteiger partial charge in [-0.2, -0.15) is 0 Å². The molecule has 27 heavy (non-hydrogen) atoms. The van der Waals surface area contributed by atoms with Crippen molar-refractivity contribution in [3.63, 3.8) is 0 Å². The van der Waals surface area contributed by atoms with Gasteiger partial charge in [0.25, 0.3) is 11.8 Å². The van der Waals surface area contributed by atoms with Crippen LogP contribution >= 0.6 is 0 Å². The zero-order valence-corrected chi connectivity index (χ0v) is 14.7. The minimum atomic E-state index is -0.479. The van der Waals surface area contributed by atoms with Gasteiger partial charge in [-0.25, -0.2) is 9.80 Å². The third kappa shape index (κ3) is 4.12. The molecule has 6 heteroatoms. The summed E-state index contributed by atoms with van der Waals surface area (Å²) in [4.78, 5) is 36.3. The lowest BCUT2D eigenvalue weighted by Crippen LogP contribution is -2.35. The van der Waals surface area contributed by atoms with Gasteiger partial charge in [0.15, 0.2) is 0 Å². The lowest BCUT2D eigenvalue weighted by atomic mass is 10.1. The predicted octanol–water partition coefficient (Wildman–Crippen LogP) is 2.88. The van der Waals surface area contributed by atoms with E-state index in [1.54, 1.807) is 37.3 Å². The monoisotopic (exact) mass is 362 g/mol. The molecule has 0 saturated carbocycles.